The third-order valence-corrected chi connectivity index (χ3v) is 4.60. The van der Waals surface area contributed by atoms with Gasteiger partial charge in [-0.25, -0.2) is 14.4 Å². The number of hydrogen-bond acceptors (Lipinski definition) is 5. The number of aryl methyl sites for hydroxylation is 1. The van der Waals surface area contributed by atoms with Gasteiger partial charge < -0.3 is 10.1 Å². The van der Waals surface area contributed by atoms with Crippen LogP contribution in [-0.2, 0) is 4.79 Å². The van der Waals surface area contributed by atoms with Gasteiger partial charge >= 0.3 is 0 Å². The Bertz CT molecular complexity index is 905. The monoisotopic (exact) mass is 406 g/mol. The summed E-state index contributed by atoms with van der Waals surface area (Å²) in [4.78, 5) is 32.8. The summed E-state index contributed by atoms with van der Waals surface area (Å²) in [5.74, 6) is -0.140. The number of halogens is 2. The number of anilines is 1. The molecule has 0 bridgehead atoms. The van der Waals surface area contributed by atoms with Gasteiger partial charge in [0.15, 0.2) is 0 Å². The molecule has 0 saturated heterocycles. The number of aromatic nitrogens is 2. The summed E-state index contributed by atoms with van der Waals surface area (Å²) in [5.41, 5.74) is 1.35. The number of carbonyl (C=O) groups is 2. The summed E-state index contributed by atoms with van der Waals surface area (Å²) in [7, 11) is 0. The molecule has 2 amide bonds. The third kappa shape index (κ3) is 4.95. The first kappa shape index (κ1) is 20.0. The van der Waals surface area contributed by atoms with Gasteiger partial charge in [-0.3, -0.25) is 14.9 Å². The molecule has 0 aliphatic heterocycles. The van der Waals surface area contributed by atoms with Crippen molar-refractivity contribution in [3.05, 3.63) is 46.2 Å². The minimum Gasteiger partial charge on any atom is -0.463 e. The molecule has 1 aromatic carbocycles. The van der Waals surface area contributed by atoms with Crippen molar-refractivity contribution in [1.82, 2.24) is 15.3 Å². The molecule has 148 valence electrons. The zero-order valence-electron chi connectivity index (χ0n) is 15.5. The van der Waals surface area contributed by atoms with Gasteiger partial charge in [0.25, 0.3) is 5.91 Å². The van der Waals surface area contributed by atoms with Crippen molar-refractivity contribution in [1.29, 1.82) is 0 Å². The predicted molar refractivity (Wildman–Crippen MR) is 102 cm³/mol. The molecule has 1 saturated carbocycles. The molecule has 2 aromatic rings. The first-order valence-electron chi connectivity index (χ1n) is 8.83. The Labute approximate surface area is 166 Å². The number of nitrogens with one attached hydrogen (secondary N) is 2. The van der Waals surface area contributed by atoms with Crippen LogP contribution in [0.1, 0.15) is 47.6 Å². The number of nitrogens with zero attached hydrogens (tertiary/aromatic N) is 2. The Balaban J connectivity index is 1.71. The summed E-state index contributed by atoms with van der Waals surface area (Å²) in [6, 6.07) is 5.82. The zero-order chi connectivity index (χ0) is 20.3. The molecule has 0 radical (unpaired) electrons. The molecule has 7 nitrogen and oxygen atoms in total. The summed E-state index contributed by atoms with van der Waals surface area (Å²) in [6.45, 7) is 2.53. The number of amides is 2. The standard InChI is InChI=1S/C19H20ClFN4O3/c1-10-7-16(24-19(22-10)25-17(26)12-3-4-12)18(27)23-11(2)14-6-5-13(28-9-21)8-15(14)20/h5-8,11-12H,3-4,9H2,1-2H3,(H,23,27)(H,22,24,25,26). The van der Waals surface area contributed by atoms with Crippen molar-refractivity contribution in [2.75, 3.05) is 12.2 Å². The second-order valence-electron chi connectivity index (χ2n) is 6.61. The van der Waals surface area contributed by atoms with Crippen molar-refractivity contribution in [2.45, 2.75) is 32.7 Å². The highest BCUT2D eigenvalue weighted by Crippen LogP contribution is 2.30. The van der Waals surface area contributed by atoms with Crippen LogP contribution in [0.4, 0.5) is 10.3 Å². The van der Waals surface area contributed by atoms with Crippen molar-refractivity contribution in [2.24, 2.45) is 5.92 Å². The van der Waals surface area contributed by atoms with Gasteiger partial charge in [0.05, 0.1) is 6.04 Å². The highest BCUT2D eigenvalue weighted by atomic mass is 35.5. The van der Waals surface area contributed by atoms with E-state index in [-0.39, 0.29) is 23.5 Å². The van der Waals surface area contributed by atoms with E-state index in [1.807, 2.05) is 0 Å². The maximum atomic E-state index is 12.6. The summed E-state index contributed by atoms with van der Waals surface area (Å²) in [5, 5.41) is 5.79. The van der Waals surface area contributed by atoms with E-state index < -0.39 is 18.8 Å². The second-order valence-corrected chi connectivity index (χ2v) is 7.02. The fourth-order valence-electron chi connectivity index (χ4n) is 2.66. The van der Waals surface area contributed by atoms with Gasteiger partial charge in [-0.1, -0.05) is 17.7 Å². The van der Waals surface area contributed by atoms with Gasteiger partial charge in [0.1, 0.15) is 11.4 Å². The number of carbonyl (C=O) groups excluding carboxylic acids is 2. The Hall–Kier alpha value is -2.74. The van der Waals surface area contributed by atoms with Crippen LogP contribution in [0.15, 0.2) is 24.3 Å². The quantitative estimate of drug-likeness (QED) is 0.733. The van der Waals surface area contributed by atoms with Crippen molar-refractivity contribution < 1.29 is 18.7 Å². The Morgan fingerprint density at radius 3 is 2.71 bits per heavy atom. The topological polar surface area (TPSA) is 93.2 Å². The molecule has 1 atom stereocenters. The van der Waals surface area contributed by atoms with E-state index in [0.29, 0.717) is 22.0 Å². The third-order valence-electron chi connectivity index (χ3n) is 4.28. The Morgan fingerprint density at radius 1 is 1.32 bits per heavy atom. The Morgan fingerprint density at radius 2 is 2.07 bits per heavy atom. The number of rotatable bonds is 7. The first-order valence-corrected chi connectivity index (χ1v) is 9.20. The highest BCUT2D eigenvalue weighted by molar-refractivity contribution is 6.31. The molecule has 1 heterocycles. The minimum absolute atomic E-state index is 0.00731. The molecule has 0 spiro atoms. The van der Waals surface area contributed by atoms with Crippen LogP contribution < -0.4 is 15.4 Å². The van der Waals surface area contributed by atoms with E-state index >= 15 is 0 Å². The van der Waals surface area contributed by atoms with Crippen LogP contribution in [0.5, 0.6) is 5.75 Å². The van der Waals surface area contributed by atoms with Crippen LogP contribution in [0.3, 0.4) is 0 Å². The lowest BCUT2D eigenvalue weighted by molar-refractivity contribution is -0.117. The maximum absolute atomic E-state index is 12.6. The van der Waals surface area contributed by atoms with E-state index in [4.69, 9.17) is 16.3 Å². The SMILES string of the molecule is Cc1cc(C(=O)NC(C)c2ccc(OCF)cc2Cl)nc(NC(=O)C2CC2)n1. The van der Waals surface area contributed by atoms with Crippen molar-refractivity contribution in [3.63, 3.8) is 0 Å². The fourth-order valence-corrected chi connectivity index (χ4v) is 2.99. The number of ether oxygens (including phenoxy) is 1. The van der Waals surface area contributed by atoms with Crippen molar-refractivity contribution in [3.8, 4) is 5.75 Å². The molecule has 2 N–H and O–H groups in total. The molecule has 1 aliphatic rings. The summed E-state index contributed by atoms with van der Waals surface area (Å²) < 4.78 is 17.0. The zero-order valence-corrected chi connectivity index (χ0v) is 16.2. The van der Waals surface area contributed by atoms with E-state index in [2.05, 4.69) is 20.6 Å². The van der Waals surface area contributed by atoms with E-state index in [1.165, 1.54) is 12.1 Å². The smallest absolute Gasteiger partial charge is 0.270 e. The second kappa shape index (κ2) is 8.52. The lowest BCUT2D eigenvalue weighted by Crippen LogP contribution is -2.28. The summed E-state index contributed by atoms with van der Waals surface area (Å²) >= 11 is 6.21. The maximum Gasteiger partial charge on any atom is 0.270 e. The van der Waals surface area contributed by atoms with Gasteiger partial charge in [0.2, 0.25) is 18.7 Å². The molecule has 28 heavy (non-hydrogen) atoms. The Kier molecular flexibility index (Phi) is 6.08. The van der Waals surface area contributed by atoms with Gasteiger partial charge in [0, 0.05) is 16.6 Å². The van der Waals surface area contributed by atoms with Gasteiger partial charge in [-0.2, -0.15) is 0 Å². The summed E-state index contributed by atoms with van der Waals surface area (Å²) in [6.07, 6.45) is 1.72. The van der Waals surface area contributed by atoms with Crippen LogP contribution in [0.2, 0.25) is 5.02 Å². The van der Waals surface area contributed by atoms with Gasteiger partial charge in [-0.15, -0.1) is 0 Å². The molecule has 3 rings (SSSR count). The van der Waals surface area contributed by atoms with Crippen LogP contribution in [0.25, 0.3) is 0 Å². The largest absolute Gasteiger partial charge is 0.463 e. The molecule has 9 heteroatoms. The lowest BCUT2D eigenvalue weighted by Gasteiger charge is -2.16. The average Bonchev–Trinajstić information content (AvgIpc) is 3.46. The molecular formula is C19H20ClFN4O3. The van der Waals surface area contributed by atoms with E-state index in [0.717, 1.165) is 12.8 Å². The number of alkyl halides is 1. The van der Waals surface area contributed by atoms with Crippen LogP contribution in [-0.4, -0.2) is 28.6 Å². The van der Waals surface area contributed by atoms with E-state index in [1.54, 1.807) is 26.0 Å². The number of hydrogen-bond donors (Lipinski definition) is 2. The average molecular weight is 407 g/mol. The minimum atomic E-state index is -0.950. The number of benzene rings is 1. The molecule has 1 aromatic heterocycles. The normalized spacial score (nSPS) is 14.3. The van der Waals surface area contributed by atoms with Gasteiger partial charge in [-0.05, 0) is 50.5 Å². The van der Waals surface area contributed by atoms with Crippen LogP contribution >= 0.6 is 11.6 Å². The van der Waals surface area contributed by atoms with Crippen molar-refractivity contribution >= 4 is 29.4 Å². The molecular weight excluding hydrogens is 387 g/mol. The molecule has 1 unspecified atom stereocenters. The fraction of sp³-hybridized carbons (Fsp3) is 0.368. The van der Waals surface area contributed by atoms with E-state index in [9.17, 15) is 14.0 Å². The molecule has 1 aliphatic carbocycles. The van der Waals surface area contributed by atoms with Crippen LogP contribution in [0, 0.1) is 12.8 Å². The lowest BCUT2D eigenvalue weighted by atomic mass is 10.1. The molecule has 1 fully saturated rings. The first-order chi connectivity index (χ1) is 13.4. The highest BCUT2D eigenvalue weighted by Gasteiger charge is 2.30. The predicted octanol–water partition coefficient (Wildman–Crippen LogP) is 3.58.